The maximum Gasteiger partial charge on any atom is 0.250 e. The van der Waals surface area contributed by atoms with Crippen LogP contribution in [0.4, 0.5) is 0 Å². The van der Waals surface area contributed by atoms with Crippen molar-refractivity contribution < 1.29 is 4.74 Å². The van der Waals surface area contributed by atoms with E-state index in [1.807, 2.05) is 6.07 Å². The predicted octanol–water partition coefficient (Wildman–Crippen LogP) is 3.09. The van der Waals surface area contributed by atoms with Crippen molar-refractivity contribution in [1.29, 1.82) is 0 Å². The molecular formula is C20H26N2O2. The van der Waals surface area contributed by atoms with E-state index in [1.54, 1.807) is 22.9 Å². The van der Waals surface area contributed by atoms with E-state index in [-0.39, 0.29) is 17.7 Å². The molecule has 0 spiro atoms. The van der Waals surface area contributed by atoms with Gasteiger partial charge < -0.3 is 15.0 Å². The van der Waals surface area contributed by atoms with Crippen LogP contribution in [0.1, 0.15) is 43.2 Å². The van der Waals surface area contributed by atoms with Crippen LogP contribution in [0.25, 0.3) is 0 Å². The van der Waals surface area contributed by atoms with Crippen LogP contribution in [-0.2, 0) is 4.74 Å². The third kappa shape index (κ3) is 4.13. The molecule has 1 fully saturated rings. The van der Waals surface area contributed by atoms with Gasteiger partial charge in [-0.3, -0.25) is 4.79 Å². The number of hydrogen-bond acceptors (Lipinski definition) is 3. The number of nitrogens with zero attached hydrogens (tertiary/aromatic N) is 1. The van der Waals surface area contributed by atoms with E-state index in [0.717, 1.165) is 25.7 Å². The molecule has 0 aliphatic heterocycles. The lowest BCUT2D eigenvalue weighted by molar-refractivity contribution is 0.00787. The highest BCUT2D eigenvalue weighted by atomic mass is 16.5. The van der Waals surface area contributed by atoms with Gasteiger partial charge in [-0.25, -0.2) is 0 Å². The minimum absolute atomic E-state index is 0.0238. The zero-order valence-corrected chi connectivity index (χ0v) is 14.0. The Morgan fingerprint density at radius 2 is 1.75 bits per heavy atom. The summed E-state index contributed by atoms with van der Waals surface area (Å²) < 4.78 is 7.77. The molecule has 1 aromatic heterocycles. The maximum absolute atomic E-state index is 11.9. The lowest BCUT2D eigenvalue weighted by Crippen LogP contribution is -2.33. The first kappa shape index (κ1) is 16.9. The summed E-state index contributed by atoms with van der Waals surface area (Å²) >= 11 is 0. The Morgan fingerprint density at radius 1 is 1.04 bits per heavy atom. The molecule has 0 saturated heterocycles. The second-order valence-electron chi connectivity index (χ2n) is 6.55. The van der Waals surface area contributed by atoms with Gasteiger partial charge in [-0.1, -0.05) is 36.4 Å². The molecule has 0 radical (unpaired) electrons. The lowest BCUT2D eigenvalue weighted by Gasteiger charge is -2.30. The first-order valence-corrected chi connectivity index (χ1v) is 8.81. The Kier molecular flexibility index (Phi) is 5.83. The fraction of sp³-hybridized carbons (Fsp3) is 0.450. The molecule has 0 amide bonds. The standard InChI is InChI=1S/C20H26N2O2/c21-14-18(22-13-5-4-8-20(22)23)15-24-19-11-9-17(10-12-19)16-6-2-1-3-7-16/h1-8,13,17-19H,9-12,14-15,21H2/t17-,18?,19+. The van der Waals surface area contributed by atoms with E-state index >= 15 is 0 Å². The van der Waals surface area contributed by atoms with Crippen LogP contribution in [0.3, 0.4) is 0 Å². The number of pyridine rings is 1. The van der Waals surface area contributed by atoms with Crippen LogP contribution in [0.2, 0.25) is 0 Å². The van der Waals surface area contributed by atoms with Crippen molar-refractivity contribution in [3.8, 4) is 0 Å². The molecule has 1 aromatic carbocycles. The fourth-order valence-electron chi connectivity index (χ4n) is 3.54. The number of hydrogen-bond donors (Lipinski definition) is 1. The Bertz CT molecular complexity index is 675. The van der Waals surface area contributed by atoms with Crippen LogP contribution in [0.5, 0.6) is 0 Å². The molecule has 4 nitrogen and oxygen atoms in total. The van der Waals surface area contributed by atoms with Crippen molar-refractivity contribution in [2.45, 2.75) is 43.7 Å². The summed E-state index contributed by atoms with van der Waals surface area (Å²) in [7, 11) is 0. The van der Waals surface area contributed by atoms with Crippen LogP contribution in [0.15, 0.2) is 59.5 Å². The summed E-state index contributed by atoms with van der Waals surface area (Å²) in [5, 5.41) is 0. The van der Waals surface area contributed by atoms with Crippen LogP contribution in [0, 0.1) is 0 Å². The van der Waals surface area contributed by atoms with E-state index in [0.29, 0.717) is 19.1 Å². The van der Waals surface area contributed by atoms with Gasteiger partial charge in [0.1, 0.15) is 0 Å². The van der Waals surface area contributed by atoms with Gasteiger partial charge in [0.2, 0.25) is 0 Å². The summed E-state index contributed by atoms with van der Waals surface area (Å²) in [5.41, 5.74) is 7.26. The fourth-order valence-corrected chi connectivity index (χ4v) is 3.54. The second kappa shape index (κ2) is 8.27. The second-order valence-corrected chi connectivity index (χ2v) is 6.55. The van der Waals surface area contributed by atoms with E-state index < -0.39 is 0 Å². The highest BCUT2D eigenvalue weighted by Gasteiger charge is 2.23. The van der Waals surface area contributed by atoms with Crippen LogP contribution >= 0.6 is 0 Å². The molecule has 1 atom stereocenters. The quantitative estimate of drug-likeness (QED) is 0.887. The van der Waals surface area contributed by atoms with Gasteiger partial charge in [-0.2, -0.15) is 0 Å². The van der Waals surface area contributed by atoms with Crippen molar-refractivity contribution in [1.82, 2.24) is 4.57 Å². The molecule has 1 saturated carbocycles. The van der Waals surface area contributed by atoms with E-state index in [9.17, 15) is 4.79 Å². The highest BCUT2D eigenvalue weighted by Crippen LogP contribution is 2.34. The Balaban J connectivity index is 1.51. The SMILES string of the molecule is NCC(CO[C@H]1CC[C@@H](c2ccccc2)CC1)n1ccccc1=O. The Labute approximate surface area is 143 Å². The van der Waals surface area contributed by atoms with Crippen molar-refractivity contribution in [3.05, 3.63) is 70.6 Å². The molecule has 2 N–H and O–H groups in total. The molecule has 4 heteroatoms. The van der Waals surface area contributed by atoms with Gasteiger partial charge in [0.05, 0.1) is 18.8 Å². The number of rotatable bonds is 6. The molecule has 1 aliphatic rings. The number of aromatic nitrogens is 1. The van der Waals surface area contributed by atoms with Gasteiger partial charge in [0.25, 0.3) is 5.56 Å². The van der Waals surface area contributed by atoms with Gasteiger partial charge in [-0.15, -0.1) is 0 Å². The van der Waals surface area contributed by atoms with E-state index in [2.05, 4.69) is 30.3 Å². The summed E-state index contributed by atoms with van der Waals surface area (Å²) in [5.74, 6) is 0.646. The molecule has 24 heavy (non-hydrogen) atoms. The molecule has 1 unspecified atom stereocenters. The lowest BCUT2D eigenvalue weighted by atomic mass is 9.83. The van der Waals surface area contributed by atoms with Crippen molar-refractivity contribution in [2.24, 2.45) is 5.73 Å². The predicted molar refractivity (Wildman–Crippen MR) is 96.2 cm³/mol. The molecule has 1 aliphatic carbocycles. The van der Waals surface area contributed by atoms with Crippen molar-refractivity contribution in [2.75, 3.05) is 13.2 Å². The number of ether oxygens (including phenoxy) is 1. The summed E-state index contributed by atoms with van der Waals surface area (Å²) in [4.78, 5) is 11.9. The zero-order chi connectivity index (χ0) is 16.8. The van der Waals surface area contributed by atoms with E-state index in [1.165, 1.54) is 5.56 Å². The third-order valence-corrected chi connectivity index (χ3v) is 4.99. The maximum atomic E-state index is 11.9. The summed E-state index contributed by atoms with van der Waals surface area (Å²) in [6, 6.07) is 15.8. The zero-order valence-electron chi connectivity index (χ0n) is 14.0. The van der Waals surface area contributed by atoms with E-state index in [4.69, 9.17) is 10.5 Å². The normalized spacial score (nSPS) is 22.2. The summed E-state index contributed by atoms with van der Waals surface area (Å²) in [6.45, 7) is 0.907. The molecular weight excluding hydrogens is 300 g/mol. The molecule has 128 valence electrons. The largest absolute Gasteiger partial charge is 0.376 e. The third-order valence-electron chi connectivity index (χ3n) is 4.99. The number of nitrogens with two attached hydrogens (primary N) is 1. The van der Waals surface area contributed by atoms with Crippen LogP contribution in [-0.4, -0.2) is 23.8 Å². The van der Waals surface area contributed by atoms with Crippen LogP contribution < -0.4 is 11.3 Å². The van der Waals surface area contributed by atoms with Gasteiger partial charge in [-0.05, 0) is 43.2 Å². The highest BCUT2D eigenvalue weighted by molar-refractivity contribution is 5.19. The van der Waals surface area contributed by atoms with Crippen molar-refractivity contribution in [3.63, 3.8) is 0 Å². The number of benzene rings is 1. The first-order valence-electron chi connectivity index (χ1n) is 8.81. The van der Waals surface area contributed by atoms with Gasteiger partial charge >= 0.3 is 0 Å². The van der Waals surface area contributed by atoms with Gasteiger partial charge in [0.15, 0.2) is 0 Å². The minimum atomic E-state index is -0.0921. The Hall–Kier alpha value is -1.91. The first-order chi connectivity index (χ1) is 11.8. The average Bonchev–Trinajstić information content (AvgIpc) is 2.65. The molecule has 0 bridgehead atoms. The Morgan fingerprint density at radius 3 is 2.42 bits per heavy atom. The smallest absolute Gasteiger partial charge is 0.250 e. The van der Waals surface area contributed by atoms with Gasteiger partial charge in [0, 0.05) is 18.8 Å². The molecule has 1 heterocycles. The molecule has 2 aromatic rings. The molecule has 3 rings (SSSR count). The van der Waals surface area contributed by atoms with Crippen molar-refractivity contribution >= 4 is 0 Å². The topological polar surface area (TPSA) is 57.2 Å². The average molecular weight is 326 g/mol. The summed E-state index contributed by atoms with van der Waals surface area (Å²) in [6.07, 6.45) is 6.52. The minimum Gasteiger partial charge on any atom is -0.376 e. The monoisotopic (exact) mass is 326 g/mol.